The molecule has 0 saturated heterocycles. The molecule has 114 valence electrons. The van der Waals surface area contributed by atoms with E-state index in [4.69, 9.17) is 11.6 Å². The Balaban J connectivity index is 1.83. The molecule has 0 fully saturated rings. The van der Waals surface area contributed by atoms with E-state index in [0.717, 1.165) is 28.1 Å². The Kier molecular flexibility index (Phi) is 3.35. The van der Waals surface area contributed by atoms with E-state index in [0.29, 0.717) is 5.03 Å². The lowest BCUT2D eigenvalue weighted by Gasteiger charge is -2.25. The predicted molar refractivity (Wildman–Crippen MR) is 91.3 cm³/mol. The molecule has 4 rings (SSSR count). The number of likely N-dealkylation sites (N-methyl/N-ethyl adjacent to an activating group) is 1. The first-order valence-corrected chi connectivity index (χ1v) is 7.64. The molecule has 0 spiro atoms. The minimum absolute atomic E-state index is 0.162. The molecule has 1 unspecified atom stereocenters. The molecule has 0 bridgehead atoms. The monoisotopic (exact) mass is 323 g/mol. The average molecular weight is 324 g/mol. The van der Waals surface area contributed by atoms with Crippen LogP contribution in [0.5, 0.6) is 0 Å². The summed E-state index contributed by atoms with van der Waals surface area (Å²) in [5, 5.41) is 11.5. The zero-order valence-electron chi connectivity index (χ0n) is 12.4. The molecule has 1 aromatic heterocycles. The van der Waals surface area contributed by atoms with Gasteiger partial charge in [-0.15, -0.1) is 0 Å². The van der Waals surface area contributed by atoms with Gasteiger partial charge in [-0.1, -0.05) is 41.9 Å². The number of hydrogen-bond donors (Lipinski definition) is 1. The average Bonchev–Trinajstić information content (AvgIpc) is 2.95. The Morgan fingerprint density at radius 1 is 1.04 bits per heavy atom. The fourth-order valence-corrected chi connectivity index (χ4v) is 3.11. The van der Waals surface area contributed by atoms with E-state index in [9.17, 15) is 0 Å². The Morgan fingerprint density at radius 3 is 2.57 bits per heavy atom. The van der Waals surface area contributed by atoms with E-state index < -0.39 is 0 Å². The van der Waals surface area contributed by atoms with Gasteiger partial charge in [0.25, 0.3) is 0 Å². The second-order valence-corrected chi connectivity index (χ2v) is 5.73. The van der Waals surface area contributed by atoms with Gasteiger partial charge in [-0.2, -0.15) is 10.2 Å². The first kappa shape index (κ1) is 14.0. The number of benzene rings is 1. The topological polar surface area (TPSA) is 52.9 Å². The van der Waals surface area contributed by atoms with Crippen molar-refractivity contribution in [2.24, 2.45) is 10.2 Å². The van der Waals surface area contributed by atoms with Crippen molar-refractivity contribution < 1.29 is 0 Å². The Bertz CT molecular complexity index is 827. The van der Waals surface area contributed by atoms with Crippen molar-refractivity contribution in [3.63, 3.8) is 0 Å². The molecule has 23 heavy (non-hydrogen) atoms. The van der Waals surface area contributed by atoms with E-state index in [2.05, 4.69) is 20.6 Å². The van der Waals surface area contributed by atoms with E-state index in [1.54, 1.807) is 12.4 Å². The van der Waals surface area contributed by atoms with Crippen LogP contribution in [0.3, 0.4) is 0 Å². The molecule has 1 N–H and O–H groups in total. The number of nitrogens with zero attached hydrogens (tertiary/aromatic N) is 4. The van der Waals surface area contributed by atoms with Crippen LogP contribution < -0.4 is 5.43 Å². The number of hydrazone groups is 2. The van der Waals surface area contributed by atoms with Crippen LogP contribution in [0.15, 0.2) is 75.7 Å². The summed E-state index contributed by atoms with van der Waals surface area (Å²) in [6.07, 6.45) is 3.37. The molecule has 3 heterocycles. The Labute approximate surface area is 139 Å². The lowest BCUT2D eigenvalue weighted by atomic mass is 9.98. The number of hydrogen-bond acceptors (Lipinski definition) is 5. The maximum Gasteiger partial charge on any atom is 0.160 e. The van der Waals surface area contributed by atoms with Crippen molar-refractivity contribution in [2.45, 2.75) is 6.17 Å². The number of pyridine rings is 1. The van der Waals surface area contributed by atoms with Crippen molar-refractivity contribution in [2.75, 3.05) is 7.05 Å². The highest BCUT2D eigenvalue weighted by molar-refractivity contribution is 6.49. The maximum atomic E-state index is 6.71. The Morgan fingerprint density at radius 2 is 1.83 bits per heavy atom. The highest BCUT2D eigenvalue weighted by Crippen LogP contribution is 2.31. The van der Waals surface area contributed by atoms with Gasteiger partial charge in [0, 0.05) is 36.1 Å². The van der Waals surface area contributed by atoms with Crippen LogP contribution >= 0.6 is 11.6 Å². The molecule has 2 aromatic rings. The summed E-state index contributed by atoms with van der Waals surface area (Å²) in [7, 11) is 1.90. The number of nitrogens with one attached hydrogen (secondary N) is 1. The molecule has 1 atom stereocenters. The molecular formula is C17H14ClN5. The minimum atomic E-state index is -0.162. The molecule has 1 aromatic carbocycles. The normalized spacial score (nSPS) is 19.9. The summed E-state index contributed by atoms with van der Waals surface area (Å²) in [4.78, 5) is 4.18. The van der Waals surface area contributed by atoms with Crippen molar-refractivity contribution in [3.05, 3.63) is 76.6 Å². The van der Waals surface area contributed by atoms with E-state index >= 15 is 0 Å². The fraction of sp³-hybridized carbons (Fsp3) is 0.118. The third-order valence-corrected chi connectivity index (χ3v) is 4.27. The van der Waals surface area contributed by atoms with Crippen LogP contribution in [-0.2, 0) is 0 Å². The molecule has 0 radical (unpaired) electrons. The smallest absolute Gasteiger partial charge is 0.160 e. The summed E-state index contributed by atoms with van der Waals surface area (Å²) in [5.41, 5.74) is 7.53. The van der Waals surface area contributed by atoms with Gasteiger partial charge in [0.15, 0.2) is 6.17 Å². The second kappa shape index (κ2) is 5.52. The largest absolute Gasteiger partial charge is 0.281 e. The molecular weight excluding hydrogens is 310 g/mol. The van der Waals surface area contributed by atoms with Gasteiger partial charge in [0.2, 0.25) is 0 Å². The van der Waals surface area contributed by atoms with Crippen LogP contribution in [0.1, 0.15) is 11.1 Å². The van der Waals surface area contributed by atoms with Gasteiger partial charge in [0.05, 0.1) is 5.03 Å². The first-order valence-electron chi connectivity index (χ1n) is 7.26. The number of fused-ring (bicyclic) bond motifs is 1. The molecule has 5 nitrogen and oxygen atoms in total. The lowest BCUT2D eigenvalue weighted by Crippen LogP contribution is -2.41. The van der Waals surface area contributed by atoms with Crippen LogP contribution in [-0.4, -0.2) is 34.6 Å². The van der Waals surface area contributed by atoms with E-state index in [1.165, 1.54) is 0 Å². The third-order valence-electron chi connectivity index (χ3n) is 3.89. The quantitative estimate of drug-likeness (QED) is 0.924. The molecule has 0 amide bonds. The number of allylic oxidation sites excluding steroid dienone is 1. The fourth-order valence-electron chi connectivity index (χ4n) is 2.76. The second-order valence-electron chi connectivity index (χ2n) is 5.35. The number of rotatable bonds is 2. The lowest BCUT2D eigenvalue weighted by molar-refractivity contribution is 0.269. The molecule has 2 aliphatic rings. The van der Waals surface area contributed by atoms with Gasteiger partial charge in [-0.25, -0.2) is 0 Å². The van der Waals surface area contributed by atoms with E-state index in [-0.39, 0.29) is 6.17 Å². The van der Waals surface area contributed by atoms with Crippen molar-refractivity contribution in [1.29, 1.82) is 0 Å². The summed E-state index contributed by atoms with van der Waals surface area (Å²) in [5.74, 6) is 0. The SMILES string of the molecule is CN1N=C(c2cccnc2)C2=C(Cl)C(c3ccccc3)=NNC21. The third kappa shape index (κ3) is 2.29. The highest BCUT2D eigenvalue weighted by atomic mass is 35.5. The maximum absolute atomic E-state index is 6.71. The van der Waals surface area contributed by atoms with Crippen LogP contribution in [0.4, 0.5) is 0 Å². The van der Waals surface area contributed by atoms with Gasteiger partial charge >= 0.3 is 0 Å². The molecule has 6 heteroatoms. The van der Waals surface area contributed by atoms with Crippen LogP contribution in [0.2, 0.25) is 0 Å². The van der Waals surface area contributed by atoms with Gasteiger partial charge in [-0.3, -0.25) is 15.4 Å². The van der Waals surface area contributed by atoms with Gasteiger partial charge in [-0.05, 0) is 12.1 Å². The number of halogens is 1. The molecule has 0 aliphatic carbocycles. The summed E-state index contributed by atoms with van der Waals surface area (Å²) < 4.78 is 0. The minimum Gasteiger partial charge on any atom is -0.281 e. The van der Waals surface area contributed by atoms with Crippen LogP contribution in [0, 0.1) is 0 Å². The van der Waals surface area contributed by atoms with Gasteiger partial charge < -0.3 is 0 Å². The van der Waals surface area contributed by atoms with Gasteiger partial charge in [0.1, 0.15) is 11.4 Å². The molecule has 0 saturated carbocycles. The zero-order valence-corrected chi connectivity index (χ0v) is 13.2. The first-order chi connectivity index (χ1) is 11.3. The van der Waals surface area contributed by atoms with Crippen molar-refractivity contribution in [3.8, 4) is 0 Å². The Hall–Kier alpha value is -2.66. The van der Waals surface area contributed by atoms with Crippen molar-refractivity contribution >= 4 is 23.0 Å². The predicted octanol–water partition coefficient (Wildman–Crippen LogP) is 2.56. The van der Waals surface area contributed by atoms with E-state index in [1.807, 2.05) is 54.5 Å². The summed E-state index contributed by atoms with van der Waals surface area (Å²) in [6, 6.07) is 13.8. The summed E-state index contributed by atoms with van der Waals surface area (Å²) >= 11 is 6.71. The van der Waals surface area contributed by atoms with Crippen molar-refractivity contribution in [1.82, 2.24) is 15.4 Å². The molecule has 2 aliphatic heterocycles. The number of aromatic nitrogens is 1. The zero-order chi connectivity index (χ0) is 15.8. The van der Waals surface area contributed by atoms with Crippen LogP contribution in [0.25, 0.3) is 0 Å². The standard InChI is InChI=1S/C17H14ClN5/c1-23-17-13(15(22-23)12-8-5-9-19-10-12)14(18)16(20-21-17)11-6-3-2-4-7-11/h2-10,17,21H,1H3. The summed E-state index contributed by atoms with van der Waals surface area (Å²) in [6.45, 7) is 0. The highest BCUT2D eigenvalue weighted by Gasteiger charge is 2.36.